The third-order valence-corrected chi connectivity index (χ3v) is 4.62. The van der Waals surface area contributed by atoms with Crippen molar-refractivity contribution in [3.63, 3.8) is 0 Å². The van der Waals surface area contributed by atoms with Crippen LogP contribution in [-0.4, -0.2) is 11.8 Å². The summed E-state index contributed by atoms with van der Waals surface area (Å²) in [6.07, 6.45) is 3.78. The molecule has 0 spiro atoms. The van der Waals surface area contributed by atoms with Gasteiger partial charge in [0, 0.05) is 11.3 Å². The molecule has 118 valence electrons. The number of carbonyl (C=O) groups is 2. The predicted molar refractivity (Wildman–Crippen MR) is 90.2 cm³/mol. The van der Waals surface area contributed by atoms with Gasteiger partial charge >= 0.3 is 0 Å². The average Bonchev–Trinajstić information content (AvgIpc) is 3.07. The number of hydrogen-bond donors (Lipinski definition) is 2. The summed E-state index contributed by atoms with van der Waals surface area (Å²) in [5.74, 6) is -0.512. The van der Waals surface area contributed by atoms with E-state index in [1.54, 1.807) is 24.3 Å². The molecule has 2 aromatic rings. The smallest absolute Gasteiger partial charge is 0.248 e. The summed E-state index contributed by atoms with van der Waals surface area (Å²) in [6.45, 7) is 0. The van der Waals surface area contributed by atoms with Crippen LogP contribution in [0.5, 0.6) is 0 Å². The Morgan fingerprint density at radius 2 is 1.65 bits per heavy atom. The van der Waals surface area contributed by atoms with Gasteiger partial charge in [0.25, 0.3) is 0 Å². The summed E-state index contributed by atoms with van der Waals surface area (Å²) in [5, 5.41) is 2.97. The molecular weight excluding hydrogens is 288 g/mol. The van der Waals surface area contributed by atoms with E-state index in [2.05, 4.69) is 5.32 Å². The molecule has 0 bridgehead atoms. The summed E-state index contributed by atoms with van der Waals surface area (Å²) in [4.78, 5) is 24.3. The maximum Gasteiger partial charge on any atom is 0.248 e. The zero-order valence-electron chi connectivity index (χ0n) is 12.9. The highest BCUT2D eigenvalue weighted by atomic mass is 16.2. The minimum absolute atomic E-state index is 0.0113. The van der Waals surface area contributed by atoms with Gasteiger partial charge in [0.1, 0.15) is 0 Å². The van der Waals surface area contributed by atoms with Crippen molar-refractivity contribution >= 4 is 17.5 Å². The average molecular weight is 308 g/mol. The number of benzene rings is 2. The van der Waals surface area contributed by atoms with Crippen LogP contribution in [0.4, 0.5) is 5.69 Å². The van der Waals surface area contributed by atoms with E-state index < -0.39 is 11.3 Å². The number of anilines is 1. The summed E-state index contributed by atoms with van der Waals surface area (Å²) < 4.78 is 0. The van der Waals surface area contributed by atoms with Gasteiger partial charge in [-0.05, 0) is 36.6 Å². The standard InChI is InChI=1S/C19H20N2O2/c20-17(22)14-7-6-10-16(13-14)21-18(23)19(11-4-5-12-19)15-8-2-1-3-9-15/h1-3,6-10,13H,4-5,11-12H2,(H2,20,22)(H,21,23). The first-order valence-corrected chi connectivity index (χ1v) is 7.89. The topological polar surface area (TPSA) is 72.2 Å². The molecule has 0 aromatic heterocycles. The van der Waals surface area contributed by atoms with Gasteiger partial charge in [-0.15, -0.1) is 0 Å². The molecule has 0 radical (unpaired) electrons. The third-order valence-electron chi connectivity index (χ3n) is 4.62. The highest BCUT2D eigenvalue weighted by molar-refractivity contribution is 6.01. The van der Waals surface area contributed by atoms with Gasteiger partial charge < -0.3 is 11.1 Å². The van der Waals surface area contributed by atoms with E-state index in [9.17, 15) is 9.59 Å². The highest BCUT2D eigenvalue weighted by Gasteiger charge is 2.42. The van der Waals surface area contributed by atoms with E-state index >= 15 is 0 Å². The molecular formula is C19H20N2O2. The van der Waals surface area contributed by atoms with Crippen LogP contribution in [0.25, 0.3) is 0 Å². The Kier molecular flexibility index (Phi) is 4.15. The van der Waals surface area contributed by atoms with Gasteiger partial charge in [-0.3, -0.25) is 9.59 Å². The minimum atomic E-state index is -0.500. The van der Waals surface area contributed by atoms with Gasteiger partial charge in [-0.1, -0.05) is 49.2 Å². The normalized spacial score (nSPS) is 16.0. The molecule has 0 heterocycles. The number of nitrogens with one attached hydrogen (secondary N) is 1. The van der Waals surface area contributed by atoms with Crippen LogP contribution >= 0.6 is 0 Å². The van der Waals surface area contributed by atoms with E-state index in [4.69, 9.17) is 5.73 Å². The maximum absolute atomic E-state index is 13.0. The van der Waals surface area contributed by atoms with Crippen molar-refractivity contribution in [1.29, 1.82) is 0 Å². The lowest BCUT2D eigenvalue weighted by molar-refractivity contribution is -0.121. The zero-order chi connectivity index (χ0) is 16.3. The van der Waals surface area contributed by atoms with Crippen molar-refractivity contribution in [1.82, 2.24) is 0 Å². The number of amides is 2. The molecule has 0 unspecified atom stereocenters. The van der Waals surface area contributed by atoms with E-state index in [1.807, 2.05) is 30.3 Å². The molecule has 3 N–H and O–H groups in total. The number of rotatable bonds is 4. The zero-order valence-corrected chi connectivity index (χ0v) is 12.9. The molecule has 2 amide bonds. The minimum Gasteiger partial charge on any atom is -0.366 e. The Labute approximate surface area is 135 Å². The lowest BCUT2D eigenvalue weighted by Gasteiger charge is -2.28. The lowest BCUT2D eigenvalue weighted by Crippen LogP contribution is -2.38. The van der Waals surface area contributed by atoms with E-state index in [-0.39, 0.29) is 5.91 Å². The first kappa shape index (κ1) is 15.3. The molecule has 1 saturated carbocycles. The van der Waals surface area contributed by atoms with E-state index in [1.165, 1.54) is 0 Å². The summed E-state index contributed by atoms with van der Waals surface area (Å²) in [7, 11) is 0. The van der Waals surface area contributed by atoms with Crippen LogP contribution in [0.3, 0.4) is 0 Å². The number of hydrogen-bond acceptors (Lipinski definition) is 2. The Morgan fingerprint density at radius 3 is 2.30 bits per heavy atom. The van der Waals surface area contributed by atoms with E-state index in [0.29, 0.717) is 11.3 Å². The number of primary amides is 1. The maximum atomic E-state index is 13.0. The largest absolute Gasteiger partial charge is 0.366 e. The molecule has 0 saturated heterocycles. The summed E-state index contributed by atoms with van der Waals surface area (Å²) >= 11 is 0. The first-order valence-electron chi connectivity index (χ1n) is 7.89. The fraction of sp³-hybridized carbons (Fsp3) is 0.263. The number of carbonyl (C=O) groups excluding carboxylic acids is 2. The fourth-order valence-corrected chi connectivity index (χ4v) is 3.38. The molecule has 1 aliphatic carbocycles. The molecule has 4 nitrogen and oxygen atoms in total. The number of nitrogens with two attached hydrogens (primary N) is 1. The van der Waals surface area contributed by atoms with Gasteiger partial charge in [0.2, 0.25) is 11.8 Å². The Morgan fingerprint density at radius 1 is 0.957 bits per heavy atom. The van der Waals surface area contributed by atoms with Crippen molar-refractivity contribution < 1.29 is 9.59 Å². The van der Waals surface area contributed by atoms with Crippen molar-refractivity contribution in [2.45, 2.75) is 31.1 Å². The van der Waals surface area contributed by atoms with Gasteiger partial charge in [-0.2, -0.15) is 0 Å². The molecule has 23 heavy (non-hydrogen) atoms. The third kappa shape index (κ3) is 2.97. The van der Waals surface area contributed by atoms with Crippen molar-refractivity contribution in [2.75, 3.05) is 5.32 Å². The molecule has 4 heteroatoms. The predicted octanol–water partition coefficient (Wildman–Crippen LogP) is 3.24. The van der Waals surface area contributed by atoms with Crippen LogP contribution in [0.1, 0.15) is 41.6 Å². The summed E-state index contributed by atoms with van der Waals surface area (Å²) in [6, 6.07) is 16.7. The quantitative estimate of drug-likeness (QED) is 0.910. The van der Waals surface area contributed by atoms with Crippen molar-refractivity contribution in [3.8, 4) is 0 Å². The fourth-order valence-electron chi connectivity index (χ4n) is 3.38. The van der Waals surface area contributed by atoms with Crippen LogP contribution in [0.15, 0.2) is 54.6 Å². The van der Waals surface area contributed by atoms with Crippen LogP contribution in [-0.2, 0) is 10.2 Å². The second-order valence-electron chi connectivity index (χ2n) is 6.05. The molecule has 0 atom stereocenters. The van der Waals surface area contributed by atoms with Gasteiger partial charge in [0.05, 0.1) is 5.41 Å². The second-order valence-corrected chi connectivity index (χ2v) is 6.05. The molecule has 1 fully saturated rings. The highest BCUT2D eigenvalue weighted by Crippen LogP contribution is 2.42. The van der Waals surface area contributed by atoms with Crippen LogP contribution < -0.4 is 11.1 Å². The van der Waals surface area contributed by atoms with Crippen LogP contribution in [0, 0.1) is 0 Å². The molecule has 2 aromatic carbocycles. The monoisotopic (exact) mass is 308 g/mol. The van der Waals surface area contributed by atoms with Crippen LogP contribution in [0.2, 0.25) is 0 Å². The summed E-state index contributed by atoms with van der Waals surface area (Å²) in [5.41, 5.74) is 6.87. The Bertz CT molecular complexity index is 719. The van der Waals surface area contributed by atoms with Crippen molar-refractivity contribution in [3.05, 3.63) is 65.7 Å². The molecule has 3 rings (SSSR count). The first-order chi connectivity index (χ1) is 11.1. The Balaban J connectivity index is 1.88. The van der Waals surface area contributed by atoms with E-state index in [0.717, 1.165) is 31.2 Å². The SMILES string of the molecule is NC(=O)c1cccc(NC(=O)C2(c3ccccc3)CCCC2)c1. The second kappa shape index (κ2) is 6.24. The van der Waals surface area contributed by atoms with Gasteiger partial charge in [-0.25, -0.2) is 0 Å². The lowest BCUT2D eigenvalue weighted by atomic mass is 9.78. The molecule has 1 aliphatic rings. The van der Waals surface area contributed by atoms with Crippen molar-refractivity contribution in [2.24, 2.45) is 5.73 Å². The Hall–Kier alpha value is -2.62. The molecule has 0 aliphatic heterocycles. The van der Waals surface area contributed by atoms with Gasteiger partial charge in [0.15, 0.2) is 0 Å².